The number of benzene rings is 2. The van der Waals surface area contributed by atoms with Crippen LogP contribution in [0.1, 0.15) is 22.7 Å². The zero-order valence-electron chi connectivity index (χ0n) is 16.4. The predicted octanol–water partition coefficient (Wildman–Crippen LogP) is 3.71. The van der Waals surface area contributed by atoms with Gasteiger partial charge in [0.15, 0.2) is 0 Å². The number of ether oxygens (including phenoxy) is 1. The normalized spacial score (nSPS) is 17.9. The summed E-state index contributed by atoms with van der Waals surface area (Å²) in [6.45, 7) is 0.236. The van der Waals surface area contributed by atoms with Crippen molar-refractivity contribution in [3.05, 3.63) is 101 Å². The number of aliphatic hydroxyl groups excluding tert-OH is 1. The fourth-order valence-corrected chi connectivity index (χ4v) is 3.63. The monoisotopic (exact) mass is 400 g/mol. The van der Waals surface area contributed by atoms with Gasteiger partial charge in [0, 0.05) is 24.5 Å². The van der Waals surface area contributed by atoms with Crippen molar-refractivity contribution >= 4 is 17.4 Å². The van der Waals surface area contributed by atoms with Crippen LogP contribution in [0.2, 0.25) is 0 Å². The van der Waals surface area contributed by atoms with Crippen molar-refractivity contribution in [2.45, 2.75) is 12.6 Å². The van der Waals surface area contributed by atoms with Crippen molar-refractivity contribution in [3.8, 4) is 5.75 Å². The van der Waals surface area contributed by atoms with Gasteiger partial charge >= 0.3 is 0 Å². The van der Waals surface area contributed by atoms with E-state index in [0.717, 1.165) is 5.56 Å². The molecular weight excluding hydrogens is 380 g/mol. The zero-order valence-corrected chi connectivity index (χ0v) is 16.4. The van der Waals surface area contributed by atoms with Crippen LogP contribution in [-0.4, -0.2) is 33.8 Å². The highest BCUT2D eigenvalue weighted by atomic mass is 16.5. The quantitative estimate of drug-likeness (QED) is 0.401. The molecule has 0 aliphatic carbocycles. The number of methoxy groups -OCH3 is 1. The van der Waals surface area contributed by atoms with Crippen molar-refractivity contribution < 1.29 is 19.4 Å². The smallest absolute Gasteiger partial charge is 0.295 e. The molecule has 4 rings (SSSR count). The Hall–Kier alpha value is -3.93. The van der Waals surface area contributed by atoms with E-state index in [9.17, 15) is 14.7 Å². The van der Waals surface area contributed by atoms with Crippen LogP contribution in [0, 0.1) is 0 Å². The summed E-state index contributed by atoms with van der Waals surface area (Å²) in [4.78, 5) is 31.6. The summed E-state index contributed by atoms with van der Waals surface area (Å²) in [5, 5.41) is 11.0. The molecule has 0 saturated carbocycles. The fourth-order valence-electron chi connectivity index (χ4n) is 3.63. The Morgan fingerprint density at radius 3 is 2.57 bits per heavy atom. The number of nitrogens with zero attached hydrogens (tertiary/aromatic N) is 2. The third-order valence-electron chi connectivity index (χ3n) is 5.08. The van der Waals surface area contributed by atoms with Crippen LogP contribution < -0.4 is 4.74 Å². The van der Waals surface area contributed by atoms with Gasteiger partial charge < -0.3 is 14.7 Å². The second kappa shape index (κ2) is 8.21. The molecule has 1 fully saturated rings. The molecule has 1 unspecified atom stereocenters. The minimum atomic E-state index is -0.745. The van der Waals surface area contributed by atoms with Crippen molar-refractivity contribution in [1.29, 1.82) is 0 Å². The number of rotatable bonds is 5. The molecule has 3 aromatic rings. The van der Waals surface area contributed by atoms with E-state index in [0.29, 0.717) is 16.9 Å². The molecule has 1 aromatic heterocycles. The largest absolute Gasteiger partial charge is 0.507 e. The van der Waals surface area contributed by atoms with Crippen LogP contribution in [-0.2, 0) is 16.1 Å². The molecule has 1 amide bonds. The third kappa shape index (κ3) is 3.55. The first-order chi connectivity index (χ1) is 14.6. The zero-order chi connectivity index (χ0) is 21.1. The van der Waals surface area contributed by atoms with Gasteiger partial charge in [-0.25, -0.2) is 0 Å². The summed E-state index contributed by atoms with van der Waals surface area (Å²) in [6, 6.07) is 19.0. The SMILES string of the molecule is COc1cccc(/C(O)=C2\C(=O)C(=O)N(Cc3ccccc3)C2c2cccnc2)c1. The summed E-state index contributed by atoms with van der Waals surface area (Å²) < 4.78 is 5.22. The first-order valence-electron chi connectivity index (χ1n) is 9.47. The lowest BCUT2D eigenvalue weighted by Gasteiger charge is -2.25. The number of hydrogen-bond acceptors (Lipinski definition) is 5. The van der Waals surface area contributed by atoms with E-state index >= 15 is 0 Å². The van der Waals surface area contributed by atoms with E-state index < -0.39 is 17.7 Å². The first-order valence-corrected chi connectivity index (χ1v) is 9.47. The van der Waals surface area contributed by atoms with Gasteiger partial charge in [0.05, 0.1) is 18.7 Å². The van der Waals surface area contributed by atoms with E-state index in [1.54, 1.807) is 48.8 Å². The Bertz CT molecular complexity index is 1110. The van der Waals surface area contributed by atoms with Crippen LogP contribution in [0.5, 0.6) is 5.75 Å². The minimum absolute atomic E-state index is 0.0391. The van der Waals surface area contributed by atoms with Crippen LogP contribution >= 0.6 is 0 Å². The van der Waals surface area contributed by atoms with Gasteiger partial charge in [-0.2, -0.15) is 0 Å². The Kier molecular flexibility index (Phi) is 5.30. The Morgan fingerprint density at radius 2 is 1.87 bits per heavy atom. The Labute approximate surface area is 174 Å². The van der Waals surface area contributed by atoms with Gasteiger partial charge in [-0.15, -0.1) is 0 Å². The van der Waals surface area contributed by atoms with Crippen molar-refractivity contribution in [2.24, 2.45) is 0 Å². The molecule has 0 bridgehead atoms. The Morgan fingerprint density at radius 1 is 1.07 bits per heavy atom. The molecule has 1 N–H and O–H groups in total. The number of hydrogen-bond donors (Lipinski definition) is 1. The molecule has 150 valence electrons. The number of Topliss-reactive ketones (excluding diaryl/α,β-unsaturated/α-hetero) is 1. The number of likely N-dealkylation sites (tertiary alicyclic amines) is 1. The average molecular weight is 400 g/mol. The number of aliphatic hydroxyl groups is 1. The van der Waals surface area contributed by atoms with Gasteiger partial charge in [-0.3, -0.25) is 14.6 Å². The van der Waals surface area contributed by atoms with Crippen LogP contribution in [0.25, 0.3) is 5.76 Å². The molecule has 2 heterocycles. The number of carbonyl (C=O) groups excluding carboxylic acids is 2. The number of pyridine rings is 1. The van der Waals surface area contributed by atoms with Gasteiger partial charge in [0.2, 0.25) is 0 Å². The molecule has 1 atom stereocenters. The lowest BCUT2D eigenvalue weighted by Crippen LogP contribution is -2.29. The summed E-state index contributed by atoms with van der Waals surface area (Å²) in [7, 11) is 1.52. The molecule has 30 heavy (non-hydrogen) atoms. The summed E-state index contributed by atoms with van der Waals surface area (Å²) >= 11 is 0. The molecule has 6 heteroatoms. The van der Waals surface area contributed by atoms with Crippen LogP contribution in [0.3, 0.4) is 0 Å². The van der Waals surface area contributed by atoms with Crippen molar-refractivity contribution in [1.82, 2.24) is 9.88 Å². The number of amides is 1. The average Bonchev–Trinajstić information content (AvgIpc) is 3.05. The molecule has 6 nitrogen and oxygen atoms in total. The summed E-state index contributed by atoms with van der Waals surface area (Å²) in [6.07, 6.45) is 3.22. The van der Waals surface area contributed by atoms with E-state index in [4.69, 9.17) is 4.74 Å². The van der Waals surface area contributed by atoms with Gasteiger partial charge in [-0.05, 0) is 29.3 Å². The highest BCUT2D eigenvalue weighted by molar-refractivity contribution is 6.46. The fraction of sp³-hybridized carbons (Fsp3) is 0.125. The van der Waals surface area contributed by atoms with Gasteiger partial charge in [-0.1, -0.05) is 48.5 Å². The maximum absolute atomic E-state index is 13.0. The van der Waals surface area contributed by atoms with Crippen LogP contribution in [0.4, 0.5) is 0 Å². The molecule has 1 aliphatic rings. The van der Waals surface area contributed by atoms with Crippen molar-refractivity contribution in [3.63, 3.8) is 0 Å². The number of aromatic nitrogens is 1. The highest BCUT2D eigenvalue weighted by Gasteiger charge is 2.46. The first kappa shape index (κ1) is 19.4. The molecular formula is C24H20N2O4. The number of carbonyl (C=O) groups is 2. The number of ketones is 1. The molecule has 0 radical (unpaired) electrons. The third-order valence-corrected chi connectivity index (χ3v) is 5.08. The van der Waals surface area contributed by atoms with Gasteiger partial charge in [0.25, 0.3) is 11.7 Å². The second-order valence-corrected chi connectivity index (χ2v) is 6.93. The molecule has 0 spiro atoms. The lowest BCUT2D eigenvalue weighted by atomic mass is 9.96. The molecule has 2 aromatic carbocycles. The van der Waals surface area contributed by atoms with Gasteiger partial charge in [0.1, 0.15) is 11.5 Å². The minimum Gasteiger partial charge on any atom is -0.507 e. The highest BCUT2D eigenvalue weighted by Crippen LogP contribution is 2.40. The predicted molar refractivity (Wildman–Crippen MR) is 112 cm³/mol. The molecule has 1 aliphatic heterocycles. The topological polar surface area (TPSA) is 79.7 Å². The van der Waals surface area contributed by atoms with Crippen LogP contribution in [0.15, 0.2) is 84.7 Å². The van der Waals surface area contributed by atoms with E-state index in [1.807, 2.05) is 30.3 Å². The maximum Gasteiger partial charge on any atom is 0.295 e. The Balaban J connectivity index is 1.85. The maximum atomic E-state index is 13.0. The second-order valence-electron chi connectivity index (χ2n) is 6.93. The summed E-state index contributed by atoms with van der Waals surface area (Å²) in [5.41, 5.74) is 1.98. The lowest BCUT2D eigenvalue weighted by molar-refractivity contribution is -0.140. The summed E-state index contributed by atoms with van der Waals surface area (Å²) in [5.74, 6) is -1.08. The van der Waals surface area contributed by atoms with E-state index in [2.05, 4.69) is 4.98 Å². The van der Waals surface area contributed by atoms with E-state index in [-0.39, 0.29) is 17.9 Å². The standard InChI is InChI=1S/C24H20N2O4/c1-30-19-11-5-9-17(13-19)22(27)20-21(18-10-6-12-25-14-18)26(24(29)23(20)28)15-16-7-3-2-4-8-16/h2-14,21,27H,15H2,1H3/b22-20+. The van der Waals surface area contributed by atoms with Crippen molar-refractivity contribution in [2.75, 3.05) is 7.11 Å². The van der Waals surface area contributed by atoms with E-state index in [1.165, 1.54) is 12.0 Å². The molecule has 1 saturated heterocycles.